The van der Waals surface area contributed by atoms with Gasteiger partial charge in [-0.15, -0.1) is 0 Å². The Kier molecular flexibility index (Phi) is 6.88. The Hall–Kier alpha value is -2.86. The summed E-state index contributed by atoms with van der Waals surface area (Å²) in [6.07, 6.45) is 2.49. The first-order valence-corrected chi connectivity index (χ1v) is 10.1. The van der Waals surface area contributed by atoms with Gasteiger partial charge in [0, 0.05) is 41.5 Å². The van der Waals surface area contributed by atoms with Crippen LogP contribution in [-0.4, -0.2) is 30.8 Å². The van der Waals surface area contributed by atoms with Crippen LogP contribution in [0.5, 0.6) is 0 Å². The minimum atomic E-state index is -0.403. The van der Waals surface area contributed by atoms with Crippen molar-refractivity contribution in [1.29, 1.82) is 0 Å². The molecule has 0 aromatic heterocycles. The number of piperidine rings is 1. The Bertz CT molecular complexity index is 881. The molecule has 0 saturated carbocycles. The molecular weight excluding hydrogens is 390 g/mol. The molecule has 0 radical (unpaired) electrons. The number of halogens is 1. The molecule has 1 unspecified atom stereocenters. The lowest BCUT2D eigenvalue weighted by Crippen LogP contribution is -2.35. The molecule has 3 rings (SSSR count). The van der Waals surface area contributed by atoms with E-state index in [1.165, 1.54) is 0 Å². The molecular formula is C22H24ClN3O3. The smallest absolute Gasteiger partial charge is 0.251 e. The third-order valence-corrected chi connectivity index (χ3v) is 5.14. The topological polar surface area (TPSA) is 78.5 Å². The second-order valence-electron chi connectivity index (χ2n) is 7.16. The van der Waals surface area contributed by atoms with Gasteiger partial charge in [-0.05, 0) is 61.4 Å². The monoisotopic (exact) mass is 413 g/mol. The third kappa shape index (κ3) is 5.57. The van der Waals surface area contributed by atoms with Gasteiger partial charge in [-0.3, -0.25) is 14.4 Å². The molecule has 152 valence electrons. The quantitative estimate of drug-likeness (QED) is 0.754. The van der Waals surface area contributed by atoms with E-state index in [4.69, 9.17) is 11.6 Å². The first-order chi connectivity index (χ1) is 13.9. The number of hydrogen-bond acceptors (Lipinski definition) is 3. The van der Waals surface area contributed by atoms with Crippen LogP contribution in [0.4, 0.5) is 11.4 Å². The lowest BCUT2D eigenvalue weighted by molar-refractivity contribution is -0.120. The van der Waals surface area contributed by atoms with Gasteiger partial charge < -0.3 is 15.5 Å². The summed E-state index contributed by atoms with van der Waals surface area (Å²) in [7, 11) is 0. The van der Waals surface area contributed by atoms with Crippen LogP contribution in [-0.2, 0) is 9.59 Å². The Morgan fingerprint density at radius 1 is 1.07 bits per heavy atom. The van der Waals surface area contributed by atoms with Gasteiger partial charge in [0.1, 0.15) is 0 Å². The number of benzene rings is 2. The predicted octanol–water partition coefficient (Wildman–Crippen LogP) is 3.86. The Balaban J connectivity index is 1.51. The normalized spacial score (nSPS) is 15.0. The van der Waals surface area contributed by atoms with Crippen molar-refractivity contribution in [3.63, 3.8) is 0 Å². The average molecular weight is 414 g/mol. The van der Waals surface area contributed by atoms with Crippen LogP contribution >= 0.6 is 11.6 Å². The second-order valence-corrected chi connectivity index (χ2v) is 7.59. The number of anilines is 2. The lowest BCUT2D eigenvalue weighted by Gasteiger charge is -2.26. The summed E-state index contributed by atoms with van der Waals surface area (Å²) in [5.74, 6) is -0.729. The summed E-state index contributed by atoms with van der Waals surface area (Å²) in [4.78, 5) is 38.4. The van der Waals surface area contributed by atoms with E-state index in [0.717, 1.165) is 18.5 Å². The first kappa shape index (κ1) is 20.9. The van der Waals surface area contributed by atoms with E-state index in [1.54, 1.807) is 60.4 Å². The number of nitrogens with one attached hydrogen (secondary N) is 2. The van der Waals surface area contributed by atoms with E-state index in [0.29, 0.717) is 29.2 Å². The van der Waals surface area contributed by atoms with Crippen molar-refractivity contribution in [2.45, 2.75) is 26.2 Å². The van der Waals surface area contributed by atoms with Crippen LogP contribution in [0.1, 0.15) is 36.5 Å². The summed E-state index contributed by atoms with van der Waals surface area (Å²) in [6, 6.07) is 13.8. The number of rotatable bonds is 6. The molecule has 2 aromatic rings. The van der Waals surface area contributed by atoms with Crippen LogP contribution in [0.25, 0.3) is 0 Å². The molecule has 1 aliphatic rings. The molecule has 1 aliphatic heterocycles. The van der Waals surface area contributed by atoms with Gasteiger partial charge >= 0.3 is 0 Å². The molecule has 2 N–H and O–H groups in total. The molecule has 0 bridgehead atoms. The Labute approximate surface area is 175 Å². The standard InChI is InChI=1S/C22H24ClN3O3/c1-15(21(28)25-18-9-7-17(23)8-10-18)14-24-22(29)16-5-11-19(12-6-16)26-13-3-2-4-20(26)27/h5-12,15H,2-4,13-14H2,1H3,(H,24,29)(H,25,28). The SMILES string of the molecule is CC(CNC(=O)c1ccc(N2CCCCC2=O)cc1)C(=O)Nc1ccc(Cl)cc1. The number of carbonyl (C=O) groups is 3. The minimum Gasteiger partial charge on any atom is -0.351 e. The Morgan fingerprint density at radius 2 is 1.76 bits per heavy atom. The van der Waals surface area contributed by atoms with Gasteiger partial charge in [-0.2, -0.15) is 0 Å². The van der Waals surface area contributed by atoms with E-state index < -0.39 is 5.92 Å². The number of carbonyl (C=O) groups excluding carboxylic acids is 3. The van der Waals surface area contributed by atoms with Gasteiger partial charge in [-0.25, -0.2) is 0 Å². The summed E-state index contributed by atoms with van der Waals surface area (Å²) >= 11 is 5.84. The predicted molar refractivity (Wildman–Crippen MR) is 114 cm³/mol. The molecule has 29 heavy (non-hydrogen) atoms. The van der Waals surface area contributed by atoms with Crippen molar-refractivity contribution in [3.05, 3.63) is 59.1 Å². The van der Waals surface area contributed by atoms with Crippen LogP contribution in [0.2, 0.25) is 5.02 Å². The van der Waals surface area contributed by atoms with Gasteiger partial charge in [0.05, 0.1) is 5.92 Å². The highest BCUT2D eigenvalue weighted by atomic mass is 35.5. The molecule has 3 amide bonds. The zero-order valence-corrected chi connectivity index (χ0v) is 17.0. The van der Waals surface area contributed by atoms with Crippen molar-refractivity contribution in [1.82, 2.24) is 5.32 Å². The number of nitrogens with zero attached hydrogens (tertiary/aromatic N) is 1. The maximum Gasteiger partial charge on any atom is 0.251 e. The highest BCUT2D eigenvalue weighted by Crippen LogP contribution is 2.21. The van der Waals surface area contributed by atoms with E-state index in [1.807, 2.05) is 0 Å². The van der Waals surface area contributed by atoms with Gasteiger partial charge in [0.15, 0.2) is 0 Å². The fourth-order valence-corrected chi connectivity index (χ4v) is 3.24. The minimum absolute atomic E-state index is 0.119. The molecule has 0 spiro atoms. The van der Waals surface area contributed by atoms with Gasteiger partial charge in [-0.1, -0.05) is 18.5 Å². The second kappa shape index (κ2) is 9.56. The number of amides is 3. The molecule has 6 nitrogen and oxygen atoms in total. The lowest BCUT2D eigenvalue weighted by atomic mass is 10.1. The van der Waals surface area contributed by atoms with E-state index in [9.17, 15) is 14.4 Å². The van der Waals surface area contributed by atoms with Crippen molar-refractivity contribution in [3.8, 4) is 0 Å². The summed E-state index contributed by atoms with van der Waals surface area (Å²) in [6.45, 7) is 2.67. The third-order valence-electron chi connectivity index (χ3n) is 4.89. The largest absolute Gasteiger partial charge is 0.351 e. The molecule has 1 fully saturated rings. The van der Waals surface area contributed by atoms with Gasteiger partial charge in [0.2, 0.25) is 11.8 Å². The zero-order chi connectivity index (χ0) is 20.8. The van der Waals surface area contributed by atoms with Crippen LogP contribution in [0.15, 0.2) is 48.5 Å². The fourth-order valence-electron chi connectivity index (χ4n) is 3.11. The van der Waals surface area contributed by atoms with Crippen molar-refractivity contribution in [2.24, 2.45) is 5.92 Å². The van der Waals surface area contributed by atoms with E-state index >= 15 is 0 Å². The highest BCUT2D eigenvalue weighted by Gasteiger charge is 2.20. The molecule has 0 aliphatic carbocycles. The maximum atomic E-state index is 12.4. The van der Waals surface area contributed by atoms with Crippen molar-refractivity contribution in [2.75, 3.05) is 23.3 Å². The van der Waals surface area contributed by atoms with Crippen LogP contribution in [0, 0.1) is 5.92 Å². The first-order valence-electron chi connectivity index (χ1n) is 9.69. The fraction of sp³-hybridized carbons (Fsp3) is 0.318. The zero-order valence-electron chi connectivity index (χ0n) is 16.3. The summed E-state index contributed by atoms with van der Waals surface area (Å²) in [5, 5.41) is 6.17. The number of hydrogen-bond donors (Lipinski definition) is 2. The maximum absolute atomic E-state index is 12.4. The summed E-state index contributed by atoms with van der Waals surface area (Å²) < 4.78 is 0. The molecule has 1 atom stereocenters. The molecule has 2 aromatic carbocycles. The Morgan fingerprint density at radius 3 is 2.41 bits per heavy atom. The van der Waals surface area contributed by atoms with E-state index in [2.05, 4.69) is 10.6 Å². The van der Waals surface area contributed by atoms with Crippen LogP contribution < -0.4 is 15.5 Å². The van der Waals surface area contributed by atoms with Crippen LogP contribution in [0.3, 0.4) is 0 Å². The average Bonchev–Trinajstić information content (AvgIpc) is 2.74. The molecule has 1 saturated heterocycles. The van der Waals surface area contributed by atoms with Gasteiger partial charge in [0.25, 0.3) is 5.91 Å². The highest BCUT2D eigenvalue weighted by molar-refractivity contribution is 6.30. The van der Waals surface area contributed by atoms with E-state index in [-0.39, 0.29) is 24.3 Å². The van der Waals surface area contributed by atoms with Crippen molar-refractivity contribution < 1.29 is 14.4 Å². The van der Waals surface area contributed by atoms with Crippen molar-refractivity contribution >= 4 is 40.7 Å². The molecule has 7 heteroatoms. The summed E-state index contributed by atoms with van der Waals surface area (Å²) in [5.41, 5.74) is 1.95. The molecule has 1 heterocycles.